The largest absolute Gasteiger partial charge is 0.0782 e. The highest BCUT2D eigenvalue weighted by Crippen LogP contribution is 2.72. The van der Waals surface area contributed by atoms with Crippen LogP contribution in [0, 0.1) is 11.3 Å². The molecule has 0 heteroatoms. The van der Waals surface area contributed by atoms with E-state index in [4.69, 9.17) is 0 Å². The van der Waals surface area contributed by atoms with E-state index < -0.39 is 0 Å². The monoisotopic (exact) mass is 106 g/mol. The van der Waals surface area contributed by atoms with E-state index in [9.17, 15) is 0 Å². The first-order valence-corrected chi connectivity index (χ1v) is 3.62. The van der Waals surface area contributed by atoms with Crippen molar-refractivity contribution < 1.29 is 0 Å². The highest BCUT2D eigenvalue weighted by atomic mass is 14.7. The van der Waals surface area contributed by atoms with Crippen LogP contribution in [0.2, 0.25) is 0 Å². The summed E-state index contributed by atoms with van der Waals surface area (Å²) in [5.74, 6) is 1.11. The second kappa shape index (κ2) is 0.792. The van der Waals surface area contributed by atoms with Gasteiger partial charge < -0.3 is 0 Å². The van der Waals surface area contributed by atoms with Crippen LogP contribution < -0.4 is 0 Å². The lowest BCUT2D eigenvalue weighted by Crippen LogP contribution is -2.18. The molecule has 0 nitrogen and oxygen atoms in total. The van der Waals surface area contributed by atoms with E-state index in [2.05, 4.69) is 6.08 Å². The number of allylic oxidation sites excluding steroid dienone is 2. The van der Waals surface area contributed by atoms with Crippen molar-refractivity contribution in [3.8, 4) is 0 Å². The summed E-state index contributed by atoms with van der Waals surface area (Å²) < 4.78 is 0. The maximum absolute atomic E-state index is 2.54. The lowest BCUT2D eigenvalue weighted by Gasteiger charge is -2.30. The van der Waals surface area contributed by atoms with Gasteiger partial charge in [-0.25, -0.2) is 0 Å². The Morgan fingerprint density at radius 2 is 2.62 bits per heavy atom. The van der Waals surface area contributed by atoms with Gasteiger partial charge in [-0.2, -0.15) is 0 Å². The molecule has 0 N–H and O–H groups in total. The molecular formula is C8H10. The summed E-state index contributed by atoms with van der Waals surface area (Å²) in [7, 11) is 0. The first-order valence-electron chi connectivity index (χ1n) is 3.62. The van der Waals surface area contributed by atoms with Crippen LogP contribution in [0.4, 0.5) is 0 Å². The molecule has 0 amide bonds. The molecule has 0 heterocycles. The van der Waals surface area contributed by atoms with Crippen molar-refractivity contribution in [3.63, 3.8) is 0 Å². The van der Waals surface area contributed by atoms with Gasteiger partial charge in [0.2, 0.25) is 0 Å². The third kappa shape index (κ3) is 0.211. The predicted octanol–water partition coefficient (Wildman–Crippen LogP) is 2.12. The van der Waals surface area contributed by atoms with Crippen LogP contribution in [0.15, 0.2) is 11.6 Å². The number of hydrogen-bond acceptors (Lipinski definition) is 0. The van der Waals surface area contributed by atoms with E-state index in [0.717, 1.165) is 11.3 Å². The Kier molecular flexibility index (Phi) is 0.367. The molecule has 1 spiro atoms. The third-order valence-corrected chi connectivity index (χ3v) is 3.15. The Morgan fingerprint density at radius 3 is 3.12 bits per heavy atom. The second-order valence-electron chi connectivity index (χ2n) is 3.56. The molecule has 3 aliphatic rings. The van der Waals surface area contributed by atoms with Crippen molar-refractivity contribution in [2.75, 3.05) is 0 Å². The van der Waals surface area contributed by atoms with Gasteiger partial charge in [-0.3, -0.25) is 0 Å². The number of rotatable bonds is 0. The lowest BCUT2D eigenvalue weighted by molar-refractivity contribution is 0.413. The molecule has 2 bridgehead atoms. The third-order valence-electron chi connectivity index (χ3n) is 3.15. The molecule has 8 heavy (non-hydrogen) atoms. The van der Waals surface area contributed by atoms with E-state index in [1.54, 1.807) is 5.57 Å². The zero-order valence-corrected chi connectivity index (χ0v) is 4.98. The topological polar surface area (TPSA) is 0 Å². The van der Waals surface area contributed by atoms with Crippen molar-refractivity contribution in [2.45, 2.75) is 25.7 Å². The minimum atomic E-state index is 0.827. The van der Waals surface area contributed by atoms with E-state index in [-0.39, 0.29) is 0 Å². The second-order valence-corrected chi connectivity index (χ2v) is 3.56. The molecule has 0 aromatic heterocycles. The molecule has 3 aliphatic carbocycles. The summed E-state index contributed by atoms with van der Waals surface area (Å²) >= 11 is 0. The maximum atomic E-state index is 2.54. The van der Waals surface area contributed by atoms with Gasteiger partial charge in [-0.1, -0.05) is 11.6 Å². The Morgan fingerprint density at radius 1 is 1.62 bits per heavy atom. The average Bonchev–Trinajstić information content (AvgIpc) is 2.40. The first kappa shape index (κ1) is 3.71. The van der Waals surface area contributed by atoms with Gasteiger partial charge in [0.05, 0.1) is 0 Å². The molecule has 0 aliphatic heterocycles. The molecule has 1 saturated carbocycles. The Hall–Kier alpha value is -0.260. The first-order chi connectivity index (χ1) is 3.91. The van der Waals surface area contributed by atoms with E-state index in [1.165, 1.54) is 25.7 Å². The zero-order chi connectivity index (χ0) is 5.19. The van der Waals surface area contributed by atoms with Crippen molar-refractivity contribution in [1.82, 2.24) is 0 Å². The number of fused-ring (bicyclic) bond motifs is 1. The average molecular weight is 106 g/mol. The van der Waals surface area contributed by atoms with E-state index in [0.29, 0.717) is 0 Å². The van der Waals surface area contributed by atoms with Gasteiger partial charge in [0, 0.05) is 0 Å². The van der Waals surface area contributed by atoms with Gasteiger partial charge in [0.1, 0.15) is 0 Å². The molecule has 2 atom stereocenters. The normalized spacial score (nSPS) is 56.0. The standard InChI is InChI=1S/C8H10/c1-2-6-4-8(3-1)5-7(6)8/h4,7H,1-3,5H2. The van der Waals surface area contributed by atoms with Crippen LogP contribution in [0.3, 0.4) is 0 Å². The molecule has 3 rings (SSSR count). The molecule has 0 aromatic rings. The highest BCUT2D eigenvalue weighted by molar-refractivity contribution is 5.41. The van der Waals surface area contributed by atoms with Crippen LogP contribution in [0.25, 0.3) is 0 Å². The van der Waals surface area contributed by atoms with Crippen LogP contribution in [-0.2, 0) is 0 Å². The van der Waals surface area contributed by atoms with E-state index >= 15 is 0 Å². The molecule has 2 unspecified atom stereocenters. The molecule has 0 aromatic carbocycles. The fraction of sp³-hybridized carbons (Fsp3) is 0.750. The summed E-state index contributed by atoms with van der Waals surface area (Å²) in [6.45, 7) is 0. The minimum absolute atomic E-state index is 0.827. The summed E-state index contributed by atoms with van der Waals surface area (Å²) in [4.78, 5) is 0. The van der Waals surface area contributed by atoms with Gasteiger partial charge in [-0.15, -0.1) is 0 Å². The fourth-order valence-electron chi connectivity index (χ4n) is 2.57. The Bertz CT molecular complexity index is 178. The van der Waals surface area contributed by atoms with Gasteiger partial charge in [0.25, 0.3) is 0 Å². The fourth-order valence-corrected chi connectivity index (χ4v) is 2.57. The molecule has 42 valence electrons. The zero-order valence-electron chi connectivity index (χ0n) is 4.98. The molecule has 0 saturated heterocycles. The van der Waals surface area contributed by atoms with Crippen molar-refractivity contribution >= 4 is 0 Å². The molecule has 0 radical (unpaired) electrons. The van der Waals surface area contributed by atoms with Crippen LogP contribution in [0.5, 0.6) is 0 Å². The van der Waals surface area contributed by atoms with Crippen LogP contribution >= 0.6 is 0 Å². The predicted molar refractivity (Wildman–Crippen MR) is 32.5 cm³/mol. The minimum Gasteiger partial charge on any atom is -0.0782 e. The number of hydrogen-bond donors (Lipinski definition) is 0. The van der Waals surface area contributed by atoms with Crippen LogP contribution in [0.1, 0.15) is 25.7 Å². The van der Waals surface area contributed by atoms with Gasteiger partial charge in [-0.05, 0) is 37.0 Å². The summed E-state index contributed by atoms with van der Waals surface area (Å²) in [5, 5.41) is 0. The maximum Gasteiger partial charge on any atom is -0.00436 e. The Balaban J connectivity index is 2.15. The van der Waals surface area contributed by atoms with Crippen molar-refractivity contribution in [1.29, 1.82) is 0 Å². The lowest BCUT2D eigenvalue weighted by atomic mass is 9.75. The van der Waals surface area contributed by atoms with Crippen LogP contribution in [-0.4, -0.2) is 0 Å². The summed E-state index contributed by atoms with van der Waals surface area (Å²) in [5.41, 5.74) is 2.63. The van der Waals surface area contributed by atoms with Crippen molar-refractivity contribution in [3.05, 3.63) is 11.6 Å². The van der Waals surface area contributed by atoms with Gasteiger partial charge in [0.15, 0.2) is 0 Å². The molecular weight excluding hydrogens is 96.1 g/mol. The highest BCUT2D eigenvalue weighted by Gasteiger charge is 2.61. The smallest absolute Gasteiger partial charge is 0.00436 e. The SMILES string of the molecule is C1=C2CCCC13CC23. The molecule has 1 fully saturated rings. The van der Waals surface area contributed by atoms with Gasteiger partial charge >= 0.3 is 0 Å². The van der Waals surface area contributed by atoms with Crippen molar-refractivity contribution in [2.24, 2.45) is 11.3 Å². The summed E-state index contributed by atoms with van der Waals surface area (Å²) in [6, 6.07) is 0. The Labute approximate surface area is 49.6 Å². The quantitative estimate of drug-likeness (QED) is 0.415. The van der Waals surface area contributed by atoms with E-state index in [1.807, 2.05) is 0 Å². The summed E-state index contributed by atoms with van der Waals surface area (Å²) in [6.07, 6.45) is 8.51.